The van der Waals surface area contributed by atoms with Crippen molar-refractivity contribution >= 4 is 11.8 Å². The van der Waals surface area contributed by atoms with Gasteiger partial charge in [0, 0.05) is 31.9 Å². The molecule has 5 nitrogen and oxygen atoms in total. The van der Waals surface area contributed by atoms with Crippen LogP contribution < -0.4 is 10.2 Å². The zero-order chi connectivity index (χ0) is 13.7. The van der Waals surface area contributed by atoms with E-state index in [1.165, 1.54) is 6.42 Å². The molecule has 2 heterocycles. The monoisotopic (exact) mass is 263 g/mol. The van der Waals surface area contributed by atoms with Gasteiger partial charge in [-0.2, -0.15) is 4.98 Å². The minimum atomic E-state index is 0.487. The number of aromatic nitrogens is 2. The second-order valence-corrected chi connectivity index (χ2v) is 5.32. The van der Waals surface area contributed by atoms with Crippen LogP contribution in [0.2, 0.25) is 0 Å². The van der Waals surface area contributed by atoms with Crippen LogP contribution in [0.1, 0.15) is 26.7 Å². The number of rotatable bonds is 4. The molecule has 5 heteroatoms. The van der Waals surface area contributed by atoms with Gasteiger partial charge in [-0.1, -0.05) is 6.92 Å². The van der Waals surface area contributed by atoms with Gasteiger partial charge >= 0.3 is 0 Å². The number of nitrogens with zero attached hydrogens (tertiary/aromatic N) is 4. The van der Waals surface area contributed by atoms with Crippen LogP contribution in [-0.4, -0.2) is 54.1 Å². The molecule has 1 aliphatic rings. The van der Waals surface area contributed by atoms with Crippen molar-refractivity contribution in [2.75, 3.05) is 43.4 Å². The molecule has 1 saturated heterocycles. The summed E-state index contributed by atoms with van der Waals surface area (Å²) < 4.78 is 0. The topological polar surface area (TPSA) is 44.3 Å². The zero-order valence-electron chi connectivity index (χ0n) is 12.3. The van der Waals surface area contributed by atoms with E-state index in [-0.39, 0.29) is 0 Å². The third kappa shape index (κ3) is 3.80. The van der Waals surface area contributed by atoms with Crippen molar-refractivity contribution in [3.05, 3.63) is 12.3 Å². The highest BCUT2D eigenvalue weighted by Crippen LogP contribution is 2.18. The molecule has 0 aliphatic carbocycles. The quantitative estimate of drug-likeness (QED) is 0.898. The molecule has 1 unspecified atom stereocenters. The van der Waals surface area contributed by atoms with Crippen molar-refractivity contribution in [1.29, 1.82) is 0 Å². The molecule has 0 radical (unpaired) electrons. The maximum absolute atomic E-state index is 4.64. The van der Waals surface area contributed by atoms with Gasteiger partial charge in [0.15, 0.2) is 0 Å². The van der Waals surface area contributed by atoms with Gasteiger partial charge in [-0.25, -0.2) is 4.98 Å². The molecular weight excluding hydrogens is 238 g/mol. The van der Waals surface area contributed by atoms with E-state index < -0.39 is 0 Å². The molecule has 0 aromatic carbocycles. The molecule has 106 valence electrons. The van der Waals surface area contributed by atoms with Crippen molar-refractivity contribution in [2.45, 2.75) is 32.7 Å². The molecule has 19 heavy (non-hydrogen) atoms. The summed E-state index contributed by atoms with van der Waals surface area (Å²) in [6.07, 6.45) is 4.11. The van der Waals surface area contributed by atoms with Crippen LogP contribution in [-0.2, 0) is 0 Å². The fraction of sp³-hybridized carbons (Fsp3) is 0.714. The van der Waals surface area contributed by atoms with Gasteiger partial charge < -0.3 is 15.1 Å². The molecule has 1 N–H and O–H groups in total. The van der Waals surface area contributed by atoms with Crippen molar-refractivity contribution in [1.82, 2.24) is 14.9 Å². The fourth-order valence-electron chi connectivity index (χ4n) is 2.54. The summed E-state index contributed by atoms with van der Waals surface area (Å²) in [5.74, 6) is 1.78. The first-order chi connectivity index (χ1) is 9.20. The Morgan fingerprint density at radius 2 is 2.26 bits per heavy atom. The van der Waals surface area contributed by atoms with Crippen molar-refractivity contribution in [2.24, 2.45) is 0 Å². The lowest BCUT2D eigenvalue weighted by Crippen LogP contribution is -2.38. The van der Waals surface area contributed by atoms with Gasteiger partial charge in [-0.05, 0) is 39.4 Å². The third-order valence-corrected chi connectivity index (χ3v) is 3.52. The summed E-state index contributed by atoms with van der Waals surface area (Å²) in [6, 6.07) is 2.50. The van der Waals surface area contributed by atoms with E-state index in [0.717, 1.165) is 44.4 Å². The largest absolute Gasteiger partial charge is 0.354 e. The van der Waals surface area contributed by atoms with Gasteiger partial charge in [0.2, 0.25) is 5.95 Å². The van der Waals surface area contributed by atoms with Crippen LogP contribution >= 0.6 is 0 Å². The Balaban J connectivity index is 2.11. The summed E-state index contributed by atoms with van der Waals surface area (Å²) in [5.41, 5.74) is 0. The molecule has 2 rings (SSSR count). The van der Waals surface area contributed by atoms with Crippen LogP contribution in [0.4, 0.5) is 11.8 Å². The molecule has 0 saturated carbocycles. The molecular formula is C14H25N5. The Hall–Kier alpha value is -1.36. The van der Waals surface area contributed by atoms with Crippen LogP contribution in [0.15, 0.2) is 12.3 Å². The fourth-order valence-corrected chi connectivity index (χ4v) is 2.54. The summed E-state index contributed by atoms with van der Waals surface area (Å²) in [4.78, 5) is 13.7. The first-order valence-electron chi connectivity index (χ1n) is 7.22. The summed E-state index contributed by atoms with van der Waals surface area (Å²) in [5, 5.41) is 3.25. The Morgan fingerprint density at radius 3 is 3.05 bits per heavy atom. The Morgan fingerprint density at radius 1 is 1.42 bits per heavy atom. The zero-order valence-corrected chi connectivity index (χ0v) is 12.3. The van der Waals surface area contributed by atoms with Gasteiger partial charge in [-0.3, -0.25) is 0 Å². The summed E-state index contributed by atoms with van der Waals surface area (Å²) >= 11 is 0. The van der Waals surface area contributed by atoms with Gasteiger partial charge in [0.25, 0.3) is 0 Å². The van der Waals surface area contributed by atoms with Crippen LogP contribution in [0.3, 0.4) is 0 Å². The standard InChI is InChI=1S/C14H25N5/c1-4-7-15-14-16-8-6-13(17-14)19-10-5-9-18(3)11-12(19)2/h6,8,12H,4-5,7,9-11H2,1-3H3,(H,15,16,17). The SMILES string of the molecule is CCCNc1nccc(N2CCCN(C)CC2C)n1. The van der Waals surface area contributed by atoms with Crippen molar-refractivity contribution in [3.63, 3.8) is 0 Å². The lowest BCUT2D eigenvalue weighted by molar-refractivity contribution is 0.337. The molecule has 1 aliphatic heterocycles. The van der Waals surface area contributed by atoms with E-state index >= 15 is 0 Å². The minimum absolute atomic E-state index is 0.487. The highest BCUT2D eigenvalue weighted by molar-refractivity contribution is 5.43. The maximum atomic E-state index is 4.64. The maximum Gasteiger partial charge on any atom is 0.224 e. The van der Waals surface area contributed by atoms with E-state index in [9.17, 15) is 0 Å². The summed E-state index contributed by atoms with van der Waals surface area (Å²) in [6.45, 7) is 8.64. The van der Waals surface area contributed by atoms with Gasteiger partial charge in [0.05, 0.1) is 0 Å². The number of nitrogens with one attached hydrogen (secondary N) is 1. The predicted molar refractivity (Wildman–Crippen MR) is 79.7 cm³/mol. The molecule has 1 aromatic heterocycles. The van der Waals surface area contributed by atoms with E-state index in [1.54, 1.807) is 0 Å². The highest BCUT2D eigenvalue weighted by atomic mass is 15.3. The molecule has 1 fully saturated rings. The predicted octanol–water partition coefficient (Wildman–Crippen LogP) is 1.83. The van der Waals surface area contributed by atoms with E-state index in [4.69, 9.17) is 0 Å². The number of hydrogen-bond acceptors (Lipinski definition) is 5. The van der Waals surface area contributed by atoms with E-state index in [1.807, 2.05) is 12.3 Å². The highest BCUT2D eigenvalue weighted by Gasteiger charge is 2.20. The smallest absolute Gasteiger partial charge is 0.224 e. The second kappa shape index (κ2) is 6.70. The minimum Gasteiger partial charge on any atom is -0.354 e. The molecule has 1 aromatic rings. The normalized spacial score (nSPS) is 21.2. The first-order valence-corrected chi connectivity index (χ1v) is 7.22. The Bertz CT molecular complexity index is 395. The molecule has 0 amide bonds. The Labute approximate surface area is 116 Å². The van der Waals surface area contributed by atoms with Crippen LogP contribution in [0.5, 0.6) is 0 Å². The van der Waals surface area contributed by atoms with Crippen LogP contribution in [0.25, 0.3) is 0 Å². The number of anilines is 2. The average Bonchev–Trinajstić information content (AvgIpc) is 2.57. The second-order valence-electron chi connectivity index (χ2n) is 5.32. The lowest BCUT2D eigenvalue weighted by atomic mass is 10.2. The van der Waals surface area contributed by atoms with Gasteiger partial charge in [0.1, 0.15) is 5.82 Å². The summed E-state index contributed by atoms with van der Waals surface area (Å²) in [7, 11) is 2.19. The first kappa shape index (κ1) is 14.1. The van der Waals surface area contributed by atoms with Crippen molar-refractivity contribution in [3.8, 4) is 0 Å². The van der Waals surface area contributed by atoms with Crippen molar-refractivity contribution < 1.29 is 0 Å². The number of likely N-dealkylation sites (N-methyl/N-ethyl adjacent to an activating group) is 1. The Kier molecular flexibility index (Phi) is 4.96. The van der Waals surface area contributed by atoms with Gasteiger partial charge in [-0.15, -0.1) is 0 Å². The lowest BCUT2D eigenvalue weighted by Gasteiger charge is -2.29. The van der Waals surface area contributed by atoms with E-state index in [0.29, 0.717) is 6.04 Å². The molecule has 1 atom stereocenters. The third-order valence-electron chi connectivity index (χ3n) is 3.52. The molecule has 0 spiro atoms. The van der Waals surface area contributed by atoms with E-state index in [2.05, 4.69) is 46.0 Å². The van der Waals surface area contributed by atoms with Crippen LogP contribution in [0, 0.1) is 0 Å². The average molecular weight is 263 g/mol. The number of hydrogen-bond donors (Lipinski definition) is 1. The molecule has 0 bridgehead atoms.